The van der Waals surface area contributed by atoms with Crippen molar-refractivity contribution in [3.8, 4) is 0 Å². The lowest BCUT2D eigenvalue weighted by Crippen LogP contribution is -2.33. The van der Waals surface area contributed by atoms with E-state index < -0.39 is 11.9 Å². The first-order valence-corrected chi connectivity index (χ1v) is 8.27. The summed E-state index contributed by atoms with van der Waals surface area (Å²) >= 11 is 0. The van der Waals surface area contributed by atoms with Gasteiger partial charge in [0.1, 0.15) is 5.82 Å². The molecule has 23 heavy (non-hydrogen) atoms. The number of carbonyl (C=O) groups excluding carboxylic acids is 1. The van der Waals surface area contributed by atoms with Crippen LogP contribution in [-0.2, 0) is 4.79 Å². The molecular weight excluding hydrogens is 294 g/mol. The van der Waals surface area contributed by atoms with Gasteiger partial charge in [-0.2, -0.15) is 0 Å². The van der Waals surface area contributed by atoms with E-state index in [9.17, 15) is 9.59 Å². The smallest absolute Gasteiger partial charge is 0.308 e. The first kappa shape index (κ1) is 15.8. The van der Waals surface area contributed by atoms with Crippen LogP contribution in [0.25, 0.3) is 0 Å². The summed E-state index contributed by atoms with van der Waals surface area (Å²) < 4.78 is 0. The Morgan fingerprint density at radius 1 is 1.17 bits per heavy atom. The second-order valence-electron chi connectivity index (χ2n) is 6.65. The van der Waals surface area contributed by atoms with Crippen LogP contribution in [-0.4, -0.2) is 53.0 Å². The number of amides is 1. The molecule has 1 amide bonds. The van der Waals surface area contributed by atoms with Crippen LogP contribution in [0.2, 0.25) is 0 Å². The first-order valence-electron chi connectivity index (χ1n) is 8.27. The number of carboxylic acid groups (broad SMARTS) is 1. The van der Waals surface area contributed by atoms with Crippen molar-refractivity contribution in [3.05, 3.63) is 23.9 Å². The molecule has 124 valence electrons. The van der Waals surface area contributed by atoms with Crippen molar-refractivity contribution in [3.63, 3.8) is 0 Å². The zero-order valence-corrected chi connectivity index (χ0v) is 13.4. The van der Waals surface area contributed by atoms with Crippen LogP contribution in [0.5, 0.6) is 0 Å². The number of piperidine rings is 1. The molecule has 2 fully saturated rings. The number of rotatable bonds is 3. The van der Waals surface area contributed by atoms with Crippen LogP contribution < -0.4 is 4.90 Å². The van der Waals surface area contributed by atoms with Gasteiger partial charge in [0.25, 0.3) is 5.91 Å². The Balaban J connectivity index is 1.63. The molecule has 1 aromatic rings. The quantitative estimate of drug-likeness (QED) is 0.921. The van der Waals surface area contributed by atoms with Gasteiger partial charge in [-0.1, -0.05) is 6.92 Å². The summed E-state index contributed by atoms with van der Waals surface area (Å²) in [4.78, 5) is 31.7. The Bertz CT molecular complexity index is 579. The van der Waals surface area contributed by atoms with Gasteiger partial charge in [0.05, 0.1) is 11.5 Å². The highest BCUT2D eigenvalue weighted by Gasteiger charge is 2.31. The Hall–Kier alpha value is -2.11. The average Bonchev–Trinajstić information content (AvgIpc) is 3.05. The van der Waals surface area contributed by atoms with Crippen molar-refractivity contribution in [1.82, 2.24) is 9.88 Å². The standard InChI is InChI=1S/C17H23N3O3/c1-12-4-7-19(8-5-12)15-3-2-13(10-18-15)16(21)20-9-6-14(11-20)17(22)23/h2-3,10,12,14H,4-9,11H2,1H3,(H,22,23)/t14-/m1/s1. The Kier molecular flexibility index (Phi) is 4.50. The number of anilines is 1. The molecule has 6 heteroatoms. The molecule has 2 saturated heterocycles. The highest BCUT2D eigenvalue weighted by Crippen LogP contribution is 2.22. The number of hydrogen-bond acceptors (Lipinski definition) is 4. The summed E-state index contributed by atoms with van der Waals surface area (Å²) in [6.45, 7) is 5.08. The maximum atomic E-state index is 12.4. The van der Waals surface area contributed by atoms with Crippen LogP contribution in [0, 0.1) is 11.8 Å². The van der Waals surface area contributed by atoms with Crippen molar-refractivity contribution in [2.75, 3.05) is 31.1 Å². The van der Waals surface area contributed by atoms with Crippen LogP contribution in [0.4, 0.5) is 5.82 Å². The van der Waals surface area contributed by atoms with Gasteiger partial charge < -0.3 is 14.9 Å². The molecular formula is C17H23N3O3. The van der Waals surface area contributed by atoms with E-state index in [-0.39, 0.29) is 5.91 Å². The van der Waals surface area contributed by atoms with Gasteiger partial charge in [-0.25, -0.2) is 4.98 Å². The fraction of sp³-hybridized carbons (Fsp3) is 0.588. The third-order valence-electron chi connectivity index (χ3n) is 4.93. The van der Waals surface area contributed by atoms with Crippen LogP contribution in [0.1, 0.15) is 36.5 Å². The van der Waals surface area contributed by atoms with E-state index in [0.29, 0.717) is 25.1 Å². The number of pyridine rings is 1. The highest BCUT2D eigenvalue weighted by molar-refractivity contribution is 5.94. The van der Waals surface area contributed by atoms with E-state index in [0.717, 1.165) is 24.8 Å². The third kappa shape index (κ3) is 3.46. The van der Waals surface area contributed by atoms with E-state index in [1.165, 1.54) is 12.8 Å². The zero-order valence-electron chi connectivity index (χ0n) is 13.4. The van der Waals surface area contributed by atoms with Gasteiger partial charge >= 0.3 is 5.97 Å². The summed E-state index contributed by atoms with van der Waals surface area (Å²) in [6.07, 6.45) is 4.49. The van der Waals surface area contributed by atoms with E-state index in [4.69, 9.17) is 5.11 Å². The lowest BCUT2D eigenvalue weighted by molar-refractivity contribution is -0.141. The molecule has 1 aromatic heterocycles. The number of hydrogen-bond donors (Lipinski definition) is 1. The molecule has 1 N–H and O–H groups in total. The molecule has 3 rings (SSSR count). The number of carboxylic acids is 1. The minimum absolute atomic E-state index is 0.125. The fourth-order valence-corrected chi connectivity index (χ4v) is 3.27. The van der Waals surface area contributed by atoms with E-state index >= 15 is 0 Å². The average molecular weight is 317 g/mol. The predicted octanol–water partition coefficient (Wildman–Crippen LogP) is 1.86. The van der Waals surface area contributed by atoms with Crippen LogP contribution >= 0.6 is 0 Å². The summed E-state index contributed by atoms with van der Waals surface area (Å²) in [5.74, 6) is 0.289. The Labute approximate surface area is 136 Å². The summed E-state index contributed by atoms with van der Waals surface area (Å²) in [7, 11) is 0. The fourth-order valence-electron chi connectivity index (χ4n) is 3.27. The van der Waals surface area contributed by atoms with Gasteiger partial charge in [-0.15, -0.1) is 0 Å². The van der Waals surface area contributed by atoms with Crippen molar-refractivity contribution < 1.29 is 14.7 Å². The predicted molar refractivity (Wildman–Crippen MR) is 86.5 cm³/mol. The topological polar surface area (TPSA) is 73.7 Å². The summed E-state index contributed by atoms with van der Waals surface area (Å²) in [5, 5.41) is 9.03. The second kappa shape index (κ2) is 6.56. The van der Waals surface area contributed by atoms with Gasteiger partial charge in [-0.3, -0.25) is 9.59 Å². The largest absolute Gasteiger partial charge is 0.481 e. The SMILES string of the molecule is CC1CCN(c2ccc(C(=O)N3CC[C@@H](C(=O)O)C3)cn2)CC1. The summed E-state index contributed by atoms with van der Waals surface area (Å²) in [6, 6.07) is 3.70. The molecule has 0 saturated carbocycles. The first-order chi connectivity index (χ1) is 11.0. The van der Waals surface area contributed by atoms with Gasteiger partial charge in [0.2, 0.25) is 0 Å². The van der Waals surface area contributed by atoms with E-state index in [1.54, 1.807) is 17.2 Å². The molecule has 6 nitrogen and oxygen atoms in total. The number of likely N-dealkylation sites (tertiary alicyclic amines) is 1. The minimum Gasteiger partial charge on any atom is -0.481 e. The monoisotopic (exact) mass is 317 g/mol. The maximum absolute atomic E-state index is 12.4. The van der Waals surface area contributed by atoms with E-state index in [2.05, 4.69) is 16.8 Å². The highest BCUT2D eigenvalue weighted by atomic mass is 16.4. The zero-order chi connectivity index (χ0) is 16.4. The Morgan fingerprint density at radius 2 is 1.91 bits per heavy atom. The lowest BCUT2D eigenvalue weighted by Gasteiger charge is -2.31. The molecule has 0 radical (unpaired) electrons. The van der Waals surface area contributed by atoms with Crippen molar-refractivity contribution >= 4 is 17.7 Å². The number of nitrogens with zero attached hydrogens (tertiary/aromatic N) is 3. The number of aromatic nitrogens is 1. The van der Waals surface area contributed by atoms with Crippen molar-refractivity contribution in [2.24, 2.45) is 11.8 Å². The van der Waals surface area contributed by atoms with Crippen molar-refractivity contribution in [2.45, 2.75) is 26.2 Å². The molecule has 1 atom stereocenters. The maximum Gasteiger partial charge on any atom is 0.308 e. The minimum atomic E-state index is -0.826. The van der Waals surface area contributed by atoms with E-state index in [1.807, 2.05) is 6.07 Å². The number of aliphatic carboxylic acids is 1. The lowest BCUT2D eigenvalue weighted by atomic mass is 9.99. The summed E-state index contributed by atoms with van der Waals surface area (Å²) in [5.41, 5.74) is 0.533. The molecule has 0 aliphatic carbocycles. The second-order valence-corrected chi connectivity index (χ2v) is 6.65. The van der Waals surface area contributed by atoms with Gasteiger partial charge in [0, 0.05) is 32.4 Å². The molecule has 0 spiro atoms. The Morgan fingerprint density at radius 3 is 2.48 bits per heavy atom. The molecule has 0 aromatic carbocycles. The van der Waals surface area contributed by atoms with Gasteiger partial charge in [0.15, 0.2) is 0 Å². The van der Waals surface area contributed by atoms with Crippen LogP contribution in [0.15, 0.2) is 18.3 Å². The van der Waals surface area contributed by atoms with Gasteiger partial charge in [-0.05, 0) is 37.3 Å². The number of carbonyl (C=O) groups is 2. The van der Waals surface area contributed by atoms with Crippen molar-refractivity contribution in [1.29, 1.82) is 0 Å². The molecule has 2 aliphatic heterocycles. The van der Waals surface area contributed by atoms with Crippen LogP contribution in [0.3, 0.4) is 0 Å². The molecule has 2 aliphatic rings. The molecule has 3 heterocycles. The molecule has 0 unspecified atom stereocenters. The third-order valence-corrected chi connectivity index (χ3v) is 4.93. The normalized spacial score (nSPS) is 22.4. The molecule has 0 bridgehead atoms.